The Kier molecular flexibility index (Phi) is 2.39. The first-order chi connectivity index (χ1) is 6.04. The van der Waals surface area contributed by atoms with Gasteiger partial charge in [0.05, 0.1) is 0 Å². The highest BCUT2D eigenvalue weighted by molar-refractivity contribution is 4.94. The summed E-state index contributed by atoms with van der Waals surface area (Å²) < 4.78 is 0. The molecule has 2 saturated heterocycles. The minimum atomic E-state index is 0.495. The monoisotopic (exact) mass is 181 g/mol. The molecule has 76 valence electrons. The van der Waals surface area contributed by atoms with Crippen LogP contribution >= 0.6 is 0 Å². The van der Waals surface area contributed by atoms with Crippen LogP contribution in [0.3, 0.4) is 0 Å². The van der Waals surface area contributed by atoms with Crippen molar-refractivity contribution < 1.29 is 0 Å². The number of hydrogen-bond donors (Lipinski definition) is 1. The van der Waals surface area contributed by atoms with Crippen LogP contribution in [0, 0.1) is 11.3 Å². The number of piperidine rings is 2. The van der Waals surface area contributed by atoms with Gasteiger partial charge in [0.25, 0.3) is 0 Å². The van der Waals surface area contributed by atoms with Crippen molar-refractivity contribution in [2.45, 2.75) is 65.0 Å². The van der Waals surface area contributed by atoms with Crippen molar-refractivity contribution in [3.05, 3.63) is 0 Å². The highest BCUT2D eigenvalue weighted by Gasteiger charge is 2.36. The quantitative estimate of drug-likeness (QED) is 0.656. The van der Waals surface area contributed by atoms with Gasteiger partial charge in [0, 0.05) is 12.1 Å². The lowest BCUT2D eigenvalue weighted by molar-refractivity contribution is 0.116. The molecule has 2 bridgehead atoms. The van der Waals surface area contributed by atoms with Gasteiger partial charge in [-0.05, 0) is 43.4 Å². The van der Waals surface area contributed by atoms with Crippen LogP contribution in [0.15, 0.2) is 0 Å². The molecule has 1 atom stereocenters. The molecule has 1 unspecified atom stereocenters. The number of fused-ring (bicyclic) bond motifs is 3. The van der Waals surface area contributed by atoms with E-state index >= 15 is 0 Å². The van der Waals surface area contributed by atoms with Gasteiger partial charge in [-0.2, -0.15) is 0 Å². The van der Waals surface area contributed by atoms with Gasteiger partial charge in [0.15, 0.2) is 0 Å². The van der Waals surface area contributed by atoms with E-state index < -0.39 is 0 Å². The van der Waals surface area contributed by atoms with Gasteiger partial charge < -0.3 is 5.32 Å². The van der Waals surface area contributed by atoms with Crippen LogP contribution < -0.4 is 5.32 Å². The smallest absolute Gasteiger partial charge is 0.0103 e. The van der Waals surface area contributed by atoms with E-state index in [9.17, 15) is 0 Å². The molecule has 2 heterocycles. The SMILES string of the molecule is CC(C)(C)CC1NC2CCC1CC2. The average molecular weight is 181 g/mol. The van der Waals surface area contributed by atoms with Crippen molar-refractivity contribution in [1.82, 2.24) is 5.32 Å². The van der Waals surface area contributed by atoms with Gasteiger partial charge in [0.2, 0.25) is 0 Å². The van der Waals surface area contributed by atoms with E-state index in [0.29, 0.717) is 5.41 Å². The molecular formula is C12H23N. The summed E-state index contributed by atoms with van der Waals surface area (Å²) in [5.74, 6) is 0.990. The van der Waals surface area contributed by atoms with Gasteiger partial charge in [-0.25, -0.2) is 0 Å². The van der Waals surface area contributed by atoms with E-state index in [1.165, 1.54) is 32.1 Å². The van der Waals surface area contributed by atoms with Gasteiger partial charge in [-0.15, -0.1) is 0 Å². The number of nitrogens with one attached hydrogen (secondary N) is 1. The minimum Gasteiger partial charge on any atom is -0.311 e. The molecule has 1 N–H and O–H groups in total. The maximum Gasteiger partial charge on any atom is 0.0103 e. The maximum atomic E-state index is 3.81. The fraction of sp³-hybridized carbons (Fsp3) is 1.00. The van der Waals surface area contributed by atoms with Gasteiger partial charge in [0.1, 0.15) is 0 Å². The lowest BCUT2D eigenvalue weighted by atomic mass is 9.72. The van der Waals surface area contributed by atoms with Crippen molar-refractivity contribution in [3.63, 3.8) is 0 Å². The van der Waals surface area contributed by atoms with Crippen molar-refractivity contribution >= 4 is 0 Å². The Bertz CT molecular complexity index is 172. The highest BCUT2D eigenvalue weighted by atomic mass is 15.0. The summed E-state index contributed by atoms with van der Waals surface area (Å²) in [6.07, 6.45) is 7.20. The van der Waals surface area contributed by atoms with E-state index in [1.807, 2.05) is 0 Å². The van der Waals surface area contributed by atoms with Crippen molar-refractivity contribution in [1.29, 1.82) is 0 Å². The topological polar surface area (TPSA) is 12.0 Å². The van der Waals surface area contributed by atoms with E-state index in [2.05, 4.69) is 26.1 Å². The Balaban J connectivity index is 1.94. The van der Waals surface area contributed by atoms with E-state index in [0.717, 1.165) is 18.0 Å². The summed E-state index contributed by atoms with van der Waals surface area (Å²) in [6, 6.07) is 1.69. The lowest BCUT2D eigenvalue weighted by Gasteiger charge is -2.45. The Labute approximate surface area is 82.3 Å². The molecule has 3 rings (SSSR count). The molecule has 0 amide bonds. The zero-order valence-electron chi connectivity index (χ0n) is 9.27. The summed E-state index contributed by atoms with van der Waals surface area (Å²) in [5, 5.41) is 3.81. The van der Waals surface area contributed by atoms with Crippen LogP contribution in [0.5, 0.6) is 0 Å². The molecule has 0 radical (unpaired) electrons. The first-order valence-electron chi connectivity index (χ1n) is 5.81. The summed E-state index contributed by atoms with van der Waals surface area (Å²) in [7, 11) is 0. The summed E-state index contributed by atoms with van der Waals surface area (Å²) in [6.45, 7) is 7.07. The van der Waals surface area contributed by atoms with E-state index in [1.54, 1.807) is 0 Å². The zero-order chi connectivity index (χ0) is 9.47. The molecule has 0 aromatic rings. The van der Waals surface area contributed by atoms with Gasteiger partial charge in [-0.3, -0.25) is 0 Å². The number of hydrogen-bond acceptors (Lipinski definition) is 1. The molecule has 1 heteroatoms. The molecule has 3 fully saturated rings. The molecule has 1 aliphatic carbocycles. The third-order valence-electron chi connectivity index (χ3n) is 3.62. The Hall–Kier alpha value is -0.0400. The second kappa shape index (κ2) is 3.27. The van der Waals surface area contributed by atoms with E-state index in [-0.39, 0.29) is 0 Å². The predicted molar refractivity (Wildman–Crippen MR) is 56.7 cm³/mol. The molecule has 0 spiro atoms. The summed E-state index contributed by atoms with van der Waals surface area (Å²) in [5.41, 5.74) is 0.495. The van der Waals surface area contributed by atoms with Crippen LogP contribution in [0.1, 0.15) is 52.9 Å². The standard InChI is InChI=1S/C12H23N/c1-12(2,3)8-11-9-4-6-10(13-11)7-5-9/h9-11,13H,4-8H2,1-3H3. The Morgan fingerprint density at radius 2 is 1.69 bits per heavy atom. The van der Waals surface area contributed by atoms with Crippen LogP contribution in [0.4, 0.5) is 0 Å². The van der Waals surface area contributed by atoms with Crippen molar-refractivity contribution in [2.75, 3.05) is 0 Å². The Morgan fingerprint density at radius 1 is 1.08 bits per heavy atom. The Morgan fingerprint density at radius 3 is 2.08 bits per heavy atom. The molecule has 3 aliphatic rings. The molecule has 1 nitrogen and oxygen atoms in total. The van der Waals surface area contributed by atoms with Crippen LogP contribution in [-0.4, -0.2) is 12.1 Å². The lowest BCUT2D eigenvalue weighted by Crippen LogP contribution is -2.53. The fourth-order valence-corrected chi connectivity index (χ4v) is 3.01. The van der Waals surface area contributed by atoms with Gasteiger partial charge in [-0.1, -0.05) is 20.8 Å². The molecule has 0 aromatic heterocycles. The third kappa shape index (κ3) is 2.25. The second-order valence-corrected chi connectivity index (χ2v) is 6.15. The average Bonchev–Trinajstić information content (AvgIpc) is 2.03. The molecule has 2 aliphatic heterocycles. The van der Waals surface area contributed by atoms with Crippen LogP contribution in [0.25, 0.3) is 0 Å². The van der Waals surface area contributed by atoms with E-state index in [4.69, 9.17) is 0 Å². The predicted octanol–water partition coefficient (Wildman–Crippen LogP) is 2.95. The zero-order valence-corrected chi connectivity index (χ0v) is 9.27. The second-order valence-electron chi connectivity index (χ2n) is 6.15. The van der Waals surface area contributed by atoms with Crippen molar-refractivity contribution in [3.8, 4) is 0 Å². The normalized spacial score (nSPS) is 39.5. The third-order valence-corrected chi connectivity index (χ3v) is 3.62. The molecule has 1 saturated carbocycles. The van der Waals surface area contributed by atoms with Gasteiger partial charge >= 0.3 is 0 Å². The summed E-state index contributed by atoms with van der Waals surface area (Å²) in [4.78, 5) is 0. The first-order valence-corrected chi connectivity index (χ1v) is 5.81. The van der Waals surface area contributed by atoms with Crippen LogP contribution in [-0.2, 0) is 0 Å². The maximum absolute atomic E-state index is 3.81. The fourth-order valence-electron chi connectivity index (χ4n) is 3.01. The largest absolute Gasteiger partial charge is 0.311 e. The minimum absolute atomic E-state index is 0.495. The molecular weight excluding hydrogens is 158 g/mol. The highest BCUT2D eigenvalue weighted by Crippen LogP contribution is 2.37. The molecule has 0 aromatic carbocycles. The van der Waals surface area contributed by atoms with Crippen molar-refractivity contribution in [2.24, 2.45) is 11.3 Å². The van der Waals surface area contributed by atoms with Crippen LogP contribution in [0.2, 0.25) is 0 Å². The first kappa shape index (κ1) is 9.51. The molecule has 13 heavy (non-hydrogen) atoms. The summed E-state index contributed by atoms with van der Waals surface area (Å²) >= 11 is 0. The number of rotatable bonds is 1.